The van der Waals surface area contributed by atoms with E-state index in [2.05, 4.69) is 18.3 Å². The Morgan fingerprint density at radius 2 is 1.81 bits per heavy atom. The molecule has 0 amide bonds. The molecule has 2 rings (SSSR count). The van der Waals surface area contributed by atoms with Gasteiger partial charge >= 0.3 is 5.69 Å². The molecule has 1 N–H and O–H groups in total. The molecule has 2 aromatic rings. The third kappa shape index (κ3) is 3.24. The Kier molecular flexibility index (Phi) is 4.62. The van der Waals surface area contributed by atoms with Crippen LogP contribution in [0.5, 0.6) is 0 Å². The third-order valence-corrected chi connectivity index (χ3v) is 3.62. The average molecular weight is 287 g/mol. The van der Waals surface area contributed by atoms with Crippen molar-refractivity contribution >= 4 is 5.69 Å². The molecule has 0 saturated heterocycles. The summed E-state index contributed by atoms with van der Waals surface area (Å²) in [5.41, 5.74) is 2.38. The van der Waals surface area contributed by atoms with Crippen LogP contribution in [0.25, 0.3) is 0 Å². The zero-order chi connectivity index (χ0) is 15.4. The second kappa shape index (κ2) is 6.43. The fourth-order valence-electron chi connectivity index (χ4n) is 2.31. The Morgan fingerprint density at radius 3 is 2.52 bits per heavy atom. The van der Waals surface area contributed by atoms with E-state index in [-0.39, 0.29) is 11.2 Å². The van der Waals surface area contributed by atoms with E-state index in [0.29, 0.717) is 12.2 Å². The molecule has 5 nitrogen and oxygen atoms in total. The SMILES string of the molecule is CCCc1ccccc1NCc1cc(=O)n(C)c(=O)n1C. The Bertz CT molecular complexity index is 744. The minimum Gasteiger partial charge on any atom is -0.379 e. The molecule has 0 bridgehead atoms. The van der Waals surface area contributed by atoms with Crippen LogP contribution >= 0.6 is 0 Å². The lowest BCUT2D eigenvalue weighted by atomic mass is 10.1. The summed E-state index contributed by atoms with van der Waals surface area (Å²) < 4.78 is 2.60. The van der Waals surface area contributed by atoms with Gasteiger partial charge in [-0.15, -0.1) is 0 Å². The van der Waals surface area contributed by atoms with Crippen molar-refractivity contribution in [3.63, 3.8) is 0 Å². The molecule has 21 heavy (non-hydrogen) atoms. The molecule has 1 aromatic heterocycles. The maximum Gasteiger partial charge on any atom is 0.330 e. The third-order valence-electron chi connectivity index (χ3n) is 3.62. The van der Waals surface area contributed by atoms with E-state index in [9.17, 15) is 9.59 Å². The highest BCUT2D eigenvalue weighted by Gasteiger charge is 2.06. The van der Waals surface area contributed by atoms with Gasteiger partial charge in [0.15, 0.2) is 0 Å². The molecule has 0 fully saturated rings. The fraction of sp³-hybridized carbons (Fsp3) is 0.375. The molecule has 0 saturated carbocycles. The smallest absolute Gasteiger partial charge is 0.330 e. The van der Waals surface area contributed by atoms with Crippen molar-refractivity contribution in [2.75, 3.05) is 5.32 Å². The van der Waals surface area contributed by atoms with E-state index >= 15 is 0 Å². The molecule has 0 aliphatic heterocycles. The van der Waals surface area contributed by atoms with Crippen LogP contribution in [0, 0.1) is 0 Å². The van der Waals surface area contributed by atoms with Gasteiger partial charge in [0.2, 0.25) is 0 Å². The maximum atomic E-state index is 11.9. The standard InChI is InChI=1S/C16H21N3O2/c1-4-7-12-8-5-6-9-14(12)17-11-13-10-15(20)19(3)16(21)18(13)2/h5-6,8-10,17H,4,7,11H2,1-3H3. The van der Waals surface area contributed by atoms with Gasteiger partial charge in [-0.25, -0.2) is 4.79 Å². The molecule has 0 unspecified atom stereocenters. The van der Waals surface area contributed by atoms with E-state index in [1.807, 2.05) is 18.2 Å². The van der Waals surface area contributed by atoms with Crippen LogP contribution in [0.3, 0.4) is 0 Å². The zero-order valence-corrected chi connectivity index (χ0v) is 12.7. The Hall–Kier alpha value is -2.30. The zero-order valence-electron chi connectivity index (χ0n) is 12.7. The quantitative estimate of drug-likeness (QED) is 0.909. The lowest BCUT2D eigenvalue weighted by Crippen LogP contribution is -2.38. The first kappa shape index (κ1) is 15.1. The molecular formula is C16H21N3O2. The van der Waals surface area contributed by atoms with Gasteiger partial charge in [-0.05, 0) is 18.1 Å². The lowest BCUT2D eigenvalue weighted by molar-refractivity contribution is 0.655. The monoisotopic (exact) mass is 287 g/mol. The first-order valence-corrected chi connectivity index (χ1v) is 7.12. The van der Waals surface area contributed by atoms with Crippen LogP contribution < -0.4 is 16.6 Å². The summed E-state index contributed by atoms with van der Waals surface area (Å²) >= 11 is 0. The number of benzene rings is 1. The summed E-state index contributed by atoms with van der Waals surface area (Å²) in [7, 11) is 3.16. The molecule has 0 aliphatic rings. The van der Waals surface area contributed by atoms with Crippen LogP contribution in [-0.4, -0.2) is 9.13 Å². The summed E-state index contributed by atoms with van der Waals surface area (Å²) in [6.07, 6.45) is 2.07. The van der Waals surface area contributed by atoms with Gasteiger partial charge in [-0.1, -0.05) is 31.5 Å². The van der Waals surface area contributed by atoms with Gasteiger partial charge < -0.3 is 5.32 Å². The normalized spacial score (nSPS) is 10.6. The number of anilines is 1. The highest BCUT2D eigenvalue weighted by atomic mass is 16.2. The summed E-state index contributed by atoms with van der Waals surface area (Å²) in [6, 6.07) is 9.60. The molecule has 0 aliphatic carbocycles. The molecular weight excluding hydrogens is 266 g/mol. The Balaban J connectivity index is 2.25. The molecule has 112 valence electrons. The van der Waals surface area contributed by atoms with Crippen molar-refractivity contribution in [2.45, 2.75) is 26.3 Å². The molecule has 1 aromatic carbocycles. The number of nitrogens with one attached hydrogen (secondary N) is 1. The summed E-state index contributed by atoms with van der Waals surface area (Å²) in [4.78, 5) is 23.6. The summed E-state index contributed by atoms with van der Waals surface area (Å²) in [5.74, 6) is 0. The summed E-state index contributed by atoms with van der Waals surface area (Å²) in [6.45, 7) is 2.59. The molecule has 5 heteroatoms. The number of rotatable bonds is 5. The number of hydrogen-bond donors (Lipinski definition) is 1. The largest absolute Gasteiger partial charge is 0.379 e. The van der Waals surface area contributed by atoms with E-state index in [1.54, 1.807) is 7.05 Å². The van der Waals surface area contributed by atoms with Crippen molar-refractivity contribution in [1.29, 1.82) is 0 Å². The van der Waals surface area contributed by atoms with Crippen molar-refractivity contribution in [2.24, 2.45) is 14.1 Å². The highest BCUT2D eigenvalue weighted by Crippen LogP contribution is 2.17. The predicted octanol–water partition coefficient (Wildman–Crippen LogP) is 1.65. The van der Waals surface area contributed by atoms with Crippen LogP contribution in [0.4, 0.5) is 5.69 Å². The van der Waals surface area contributed by atoms with Gasteiger partial charge in [0, 0.05) is 31.5 Å². The van der Waals surface area contributed by atoms with Crippen LogP contribution in [0.2, 0.25) is 0 Å². The van der Waals surface area contributed by atoms with E-state index in [0.717, 1.165) is 23.1 Å². The molecule has 0 spiro atoms. The number of aryl methyl sites for hydroxylation is 1. The van der Waals surface area contributed by atoms with E-state index in [1.165, 1.54) is 23.2 Å². The van der Waals surface area contributed by atoms with E-state index in [4.69, 9.17) is 0 Å². The Labute approximate surface area is 123 Å². The Morgan fingerprint density at radius 1 is 1.10 bits per heavy atom. The maximum absolute atomic E-state index is 11.9. The molecule has 0 radical (unpaired) electrons. The van der Waals surface area contributed by atoms with Crippen molar-refractivity contribution in [3.8, 4) is 0 Å². The van der Waals surface area contributed by atoms with Crippen molar-refractivity contribution in [3.05, 3.63) is 62.4 Å². The predicted molar refractivity (Wildman–Crippen MR) is 84.7 cm³/mol. The van der Waals surface area contributed by atoms with Gasteiger partial charge in [0.1, 0.15) is 0 Å². The second-order valence-electron chi connectivity index (χ2n) is 5.14. The van der Waals surface area contributed by atoms with Crippen LogP contribution in [0.15, 0.2) is 39.9 Å². The van der Waals surface area contributed by atoms with Gasteiger partial charge in [0.25, 0.3) is 5.56 Å². The first-order chi connectivity index (χ1) is 10.0. The minimum atomic E-state index is -0.304. The van der Waals surface area contributed by atoms with Crippen molar-refractivity contribution < 1.29 is 0 Å². The first-order valence-electron chi connectivity index (χ1n) is 7.12. The molecule has 0 atom stereocenters. The molecule has 1 heterocycles. The number of hydrogen-bond acceptors (Lipinski definition) is 3. The lowest BCUT2D eigenvalue weighted by Gasteiger charge is -2.14. The van der Waals surface area contributed by atoms with Crippen molar-refractivity contribution in [1.82, 2.24) is 9.13 Å². The summed E-state index contributed by atoms with van der Waals surface area (Å²) in [5, 5.41) is 3.32. The van der Waals surface area contributed by atoms with Gasteiger partial charge in [0.05, 0.1) is 6.54 Å². The fourth-order valence-corrected chi connectivity index (χ4v) is 2.31. The van der Waals surface area contributed by atoms with E-state index < -0.39 is 0 Å². The highest BCUT2D eigenvalue weighted by molar-refractivity contribution is 5.51. The topological polar surface area (TPSA) is 56.0 Å². The average Bonchev–Trinajstić information content (AvgIpc) is 2.49. The second-order valence-corrected chi connectivity index (χ2v) is 5.14. The number of para-hydroxylation sites is 1. The van der Waals surface area contributed by atoms with Crippen LogP contribution in [0.1, 0.15) is 24.6 Å². The number of aromatic nitrogens is 2. The number of nitrogens with zero attached hydrogens (tertiary/aromatic N) is 2. The van der Waals surface area contributed by atoms with Crippen LogP contribution in [-0.2, 0) is 27.1 Å². The van der Waals surface area contributed by atoms with Gasteiger partial charge in [-0.2, -0.15) is 0 Å². The van der Waals surface area contributed by atoms with Gasteiger partial charge in [-0.3, -0.25) is 13.9 Å². The minimum absolute atomic E-state index is 0.281.